The summed E-state index contributed by atoms with van der Waals surface area (Å²) in [4.78, 5) is 17.4. The van der Waals surface area contributed by atoms with Gasteiger partial charge in [0.05, 0.1) is 17.8 Å². The van der Waals surface area contributed by atoms with Gasteiger partial charge in [0.25, 0.3) is 0 Å². The SMILES string of the molecule is Cc1ccc(OCCCC(=O)Nc2cc(C)nn2-c2cc(C)c3cccc(C)c3n2)cc1. The maximum Gasteiger partial charge on any atom is 0.225 e. The lowest BCUT2D eigenvalue weighted by molar-refractivity contribution is -0.116. The van der Waals surface area contributed by atoms with Gasteiger partial charge in [-0.15, -0.1) is 0 Å². The summed E-state index contributed by atoms with van der Waals surface area (Å²) < 4.78 is 7.42. The summed E-state index contributed by atoms with van der Waals surface area (Å²) >= 11 is 0. The standard InChI is InChI=1S/C26H28N4O2/c1-17-10-12-21(13-11-17)32-14-6-9-25(31)27-24-16-20(4)29-30(24)23-15-19(3)22-8-5-7-18(2)26(22)28-23/h5,7-8,10-13,15-16H,6,9,14H2,1-4H3,(H,27,31). The van der Waals surface area contributed by atoms with Crippen LogP contribution in [0.15, 0.2) is 54.6 Å². The van der Waals surface area contributed by atoms with E-state index in [1.165, 1.54) is 5.56 Å². The number of para-hydroxylation sites is 1. The molecule has 0 spiro atoms. The van der Waals surface area contributed by atoms with Crippen molar-refractivity contribution in [3.05, 3.63) is 77.0 Å². The summed E-state index contributed by atoms with van der Waals surface area (Å²) in [6, 6.07) is 17.9. The Labute approximate surface area is 188 Å². The van der Waals surface area contributed by atoms with Crippen molar-refractivity contribution in [1.29, 1.82) is 0 Å². The molecule has 164 valence electrons. The third-order valence-electron chi connectivity index (χ3n) is 5.39. The molecule has 2 aromatic heterocycles. The van der Waals surface area contributed by atoms with Crippen LogP contribution in [0.3, 0.4) is 0 Å². The second kappa shape index (κ2) is 9.22. The van der Waals surface area contributed by atoms with E-state index in [0.717, 1.165) is 33.5 Å². The predicted molar refractivity (Wildman–Crippen MR) is 128 cm³/mol. The van der Waals surface area contributed by atoms with Crippen molar-refractivity contribution in [2.24, 2.45) is 0 Å². The summed E-state index contributed by atoms with van der Waals surface area (Å²) in [7, 11) is 0. The van der Waals surface area contributed by atoms with Gasteiger partial charge in [-0.1, -0.05) is 35.9 Å². The first-order chi connectivity index (χ1) is 15.4. The number of aryl methyl sites for hydroxylation is 4. The Morgan fingerprint density at radius 2 is 1.78 bits per heavy atom. The molecule has 0 aliphatic carbocycles. The van der Waals surface area contributed by atoms with Crippen LogP contribution < -0.4 is 10.1 Å². The minimum absolute atomic E-state index is 0.0765. The van der Waals surface area contributed by atoms with Gasteiger partial charge >= 0.3 is 0 Å². The molecule has 6 nitrogen and oxygen atoms in total. The molecule has 6 heteroatoms. The number of hydrogen-bond donors (Lipinski definition) is 1. The Balaban J connectivity index is 1.44. The van der Waals surface area contributed by atoms with E-state index < -0.39 is 0 Å². The zero-order chi connectivity index (χ0) is 22.7. The highest BCUT2D eigenvalue weighted by Crippen LogP contribution is 2.24. The van der Waals surface area contributed by atoms with Gasteiger partial charge in [0.2, 0.25) is 5.91 Å². The van der Waals surface area contributed by atoms with Gasteiger partial charge in [0.1, 0.15) is 11.6 Å². The van der Waals surface area contributed by atoms with Gasteiger partial charge in [-0.25, -0.2) is 4.98 Å². The number of aromatic nitrogens is 3. The molecule has 4 rings (SSSR count). The zero-order valence-corrected chi connectivity index (χ0v) is 19.0. The third-order valence-corrected chi connectivity index (χ3v) is 5.39. The molecule has 0 aliphatic rings. The lowest BCUT2D eigenvalue weighted by Gasteiger charge is -2.12. The Morgan fingerprint density at radius 3 is 2.56 bits per heavy atom. The van der Waals surface area contributed by atoms with Gasteiger partial charge in [-0.3, -0.25) is 4.79 Å². The number of pyridine rings is 1. The molecule has 0 unspecified atom stereocenters. The van der Waals surface area contributed by atoms with Crippen LogP contribution in [0.5, 0.6) is 5.75 Å². The van der Waals surface area contributed by atoms with Gasteiger partial charge in [-0.05, 0) is 63.4 Å². The monoisotopic (exact) mass is 428 g/mol. The summed E-state index contributed by atoms with van der Waals surface area (Å²) in [6.07, 6.45) is 0.985. The smallest absolute Gasteiger partial charge is 0.225 e. The first-order valence-corrected chi connectivity index (χ1v) is 10.8. The molecule has 4 aromatic rings. The largest absolute Gasteiger partial charge is 0.494 e. The van der Waals surface area contributed by atoms with Gasteiger partial charge in [0.15, 0.2) is 5.82 Å². The van der Waals surface area contributed by atoms with Crippen molar-refractivity contribution >= 4 is 22.6 Å². The summed E-state index contributed by atoms with van der Waals surface area (Å²) in [5.41, 5.74) is 5.17. The topological polar surface area (TPSA) is 69.0 Å². The molecule has 1 amide bonds. The third kappa shape index (κ3) is 4.80. The molecule has 32 heavy (non-hydrogen) atoms. The highest BCUT2D eigenvalue weighted by atomic mass is 16.5. The number of fused-ring (bicyclic) bond motifs is 1. The molecular formula is C26H28N4O2. The molecule has 0 aliphatic heterocycles. The van der Waals surface area contributed by atoms with Crippen molar-refractivity contribution in [2.45, 2.75) is 40.5 Å². The number of carbonyl (C=O) groups is 1. The van der Waals surface area contributed by atoms with Crippen LogP contribution in [-0.4, -0.2) is 27.3 Å². The van der Waals surface area contributed by atoms with Crippen LogP contribution in [0.4, 0.5) is 5.82 Å². The quantitative estimate of drug-likeness (QED) is 0.397. The van der Waals surface area contributed by atoms with E-state index in [9.17, 15) is 4.79 Å². The molecule has 0 atom stereocenters. The zero-order valence-electron chi connectivity index (χ0n) is 19.0. The second-order valence-electron chi connectivity index (χ2n) is 8.16. The predicted octanol–water partition coefficient (Wildman–Crippen LogP) is 5.45. The fourth-order valence-electron chi connectivity index (χ4n) is 3.68. The van der Waals surface area contributed by atoms with E-state index >= 15 is 0 Å². The molecule has 0 bridgehead atoms. The van der Waals surface area contributed by atoms with Crippen LogP contribution >= 0.6 is 0 Å². The van der Waals surface area contributed by atoms with Crippen LogP contribution in [0, 0.1) is 27.7 Å². The maximum atomic E-state index is 12.6. The Bertz CT molecular complexity index is 1260. The van der Waals surface area contributed by atoms with Crippen molar-refractivity contribution < 1.29 is 9.53 Å². The van der Waals surface area contributed by atoms with E-state index in [1.807, 2.05) is 69.3 Å². The fraction of sp³-hybridized carbons (Fsp3) is 0.269. The molecule has 0 radical (unpaired) electrons. The van der Waals surface area contributed by atoms with Crippen LogP contribution in [-0.2, 0) is 4.79 Å². The number of hydrogen-bond acceptors (Lipinski definition) is 4. The van der Waals surface area contributed by atoms with E-state index in [0.29, 0.717) is 31.1 Å². The number of amides is 1. The number of rotatable bonds is 7. The number of nitrogens with one attached hydrogen (secondary N) is 1. The second-order valence-corrected chi connectivity index (χ2v) is 8.16. The number of nitrogens with zero attached hydrogens (tertiary/aromatic N) is 3. The lowest BCUT2D eigenvalue weighted by Crippen LogP contribution is -2.16. The molecular weight excluding hydrogens is 400 g/mol. The van der Waals surface area contributed by atoms with Crippen LogP contribution in [0.2, 0.25) is 0 Å². The van der Waals surface area contributed by atoms with Crippen molar-refractivity contribution in [3.63, 3.8) is 0 Å². The van der Waals surface area contributed by atoms with Gasteiger partial charge < -0.3 is 10.1 Å². The summed E-state index contributed by atoms with van der Waals surface area (Å²) in [5.74, 6) is 2.05. The maximum absolute atomic E-state index is 12.6. The minimum atomic E-state index is -0.0765. The number of carbonyl (C=O) groups excluding carboxylic acids is 1. The molecule has 2 heterocycles. The minimum Gasteiger partial charge on any atom is -0.494 e. The van der Waals surface area contributed by atoms with Crippen LogP contribution in [0.1, 0.15) is 35.2 Å². The number of anilines is 1. The summed E-state index contributed by atoms with van der Waals surface area (Å²) in [5, 5.41) is 8.68. The fourth-order valence-corrected chi connectivity index (χ4v) is 3.68. The first-order valence-electron chi connectivity index (χ1n) is 10.8. The average Bonchev–Trinajstić information content (AvgIpc) is 3.13. The number of ether oxygens (including phenoxy) is 1. The lowest BCUT2D eigenvalue weighted by atomic mass is 10.1. The first kappa shape index (κ1) is 21.6. The Morgan fingerprint density at radius 1 is 1.00 bits per heavy atom. The summed E-state index contributed by atoms with van der Waals surface area (Å²) in [6.45, 7) is 8.54. The van der Waals surface area contributed by atoms with E-state index in [-0.39, 0.29) is 5.91 Å². The Hall–Kier alpha value is -3.67. The molecule has 0 saturated heterocycles. The highest BCUT2D eigenvalue weighted by Gasteiger charge is 2.14. The van der Waals surface area contributed by atoms with Crippen molar-refractivity contribution in [3.8, 4) is 11.6 Å². The normalized spacial score (nSPS) is 11.0. The highest BCUT2D eigenvalue weighted by molar-refractivity contribution is 5.90. The molecule has 0 saturated carbocycles. The Kier molecular flexibility index (Phi) is 6.21. The van der Waals surface area contributed by atoms with Crippen LogP contribution in [0.25, 0.3) is 16.7 Å². The van der Waals surface area contributed by atoms with E-state index in [1.54, 1.807) is 4.68 Å². The van der Waals surface area contributed by atoms with E-state index in [4.69, 9.17) is 9.72 Å². The van der Waals surface area contributed by atoms with E-state index in [2.05, 4.69) is 23.4 Å². The average molecular weight is 429 g/mol. The molecule has 0 fully saturated rings. The molecule has 2 aromatic carbocycles. The molecule has 1 N–H and O–H groups in total. The van der Waals surface area contributed by atoms with Crippen molar-refractivity contribution in [1.82, 2.24) is 14.8 Å². The van der Waals surface area contributed by atoms with Gasteiger partial charge in [0, 0.05) is 17.9 Å². The number of benzene rings is 2. The van der Waals surface area contributed by atoms with Crippen molar-refractivity contribution in [2.75, 3.05) is 11.9 Å². The van der Waals surface area contributed by atoms with Gasteiger partial charge in [-0.2, -0.15) is 9.78 Å².